The second-order valence-electron chi connectivity index (χ2n) is 7.77. The van der Waals surface area contributed by atoms with E-state index in [1.807, 2.05) is 45.9 Å². The molecule has 0 bridgehead atoms. The van der Waals surface area contributed by atoms with Gasteiger partial charge in [0.1, 0.15) is 18.3 Å². The lowest BCUT2D eigenvalue weighted by Crippen LogP contribution is -2.54. The van der Waals surface area contributed by atoms with Crippen LogP contribution >= 0.6 is 0 Å². The lowest BCUT2D eigenvalue weighted by atomic mass is 9.87. The van der Waals surface area contributed by atoms with Crippen LogP contribution in [0.4, 0.5) is 0 Å². The molecule has 0 N–H and O–H groups in total. The minimum atomic E-state index is -0.599. The predicted molar refractivity (Wildman–Crippen MR) is 87.3 cm³/mol. The summed E-state index contributed by atoms with van der Waals surface area (Å²) < 4.78 is 30.7. The first-order valence-corrected chi connectivity index (χ1v) is 8.70. The number of hydrogen-bond acceptors (Lipinski definition) is 5. The summed E-state index contributed by atoms with van der Waals surface area (Å²) in [4.78, 5) is 0. The highest BCUT2D eigenvalue weighted by Gasteiger charge is 2.59. The monoisotopic (exact) mass is 334 g/mol. The van der Waals surface area contributed by atoms with E-state index < -0.39 is 11.6 Å². The Balaban J connectivity index is 1.55. The van der Waals surface area contributed by atoms with Crippen molar-refractivity contribution in [3.8, 4) is 0 Å². The van der Waals surface area contributed by atoms with E-state index in [2.05, 4.69) is 12.1 Å². The molecule has 0 spiro atoms. The highest BCUT2D eigenvalue weighted by Crippen LogP contribution is 2.45. The first kappa shape index (κ1) is 16.5. The Morgan fingerprint density at radius 3 is 1.96 bits per heavy atom. The summed E-state index contributed by atoms with van der Waals surface area (Å²) >= 11 is 0. The van der Waals surface area contributed by atoms with E-state index in [0.717, 1.165) is 12.0 Å². The molecule has 3 fully saturated rings. The van der Waals surface area contributed by atoms with Crippen molar-refractivity contribution in [3.05, 3.63) is 35.9 Å². The summed E-state index contributed by atoms with van der Waals surface area (Å²) in [7, 11) is 0. The molecule has 1 aliphatic carbocycles. The van der Waals surface area contributed by atoms with Crippen molar-refractivity contribution in [2.45, 2.75) is 82.8 Å². The zero-order valence-corrected chi connectivity index (χ0v) is 14.7. The fourth-order valence-electron chi connectivity index (χ4n) is 4.02. The molecule has 2 saturated heterocycles. The largest absolute Gasteiger partial charge is 0.368 e. The van der Waals surface area contributed by atoms with Crippen LogP contribution in [0.1, 0.15) is 39.7 Å². The first-order chi connectivity index (χ1) is 11.3. The van der Waals surface area contributed by atoms with Gasteiger partial charge in [0.05, 0.1) is 18.8 Å². The van der Waals surface area contributed by atoms with Crippen molar-refractivity contribution in [2.75, 3.05) is 0 Å². The average molecular weight is 334 g/mol. The number of benzene rings is 1. The smallest absolute Gasteiger partial charge is 0.163 e. The van der Waals surface area contributed by atoms with E-state index in [1.165, 1.54) is 0 Å². The van der Waals surface area contributed by atoms with Crippen LogP contribution in [0.3, 0.4) is 0 Å². The van der Waals surface area contributed by atoms with Crippen molar-refractivity contribution in [1.29, 1.82) is 0 Å². The molecule has 0 aromatic heterocycles. The molecule has 1 aromatic rings. The molecule has 5 heteroatoms. The van der Waals surface area contributed by atoms with Crippen LogP contribution in [0.25, 0.3) is 0 Å². The summed E-state index contributed by atoms with van der Waals surface area (Å²) in [5.74, 6) is -1.20. The van der Waals surface area contributed by atoms with Gasteiger partial charge < -0.3 is 23.7 Å². The highest BCUT2D eigenvalue weighted by atomic mass is 16.8. The summed E-state index contributed by atoms with van der Waals surface area (Å²) in [6, 6.07) is 10.2. The fourth-order valence-corrected chi connectivity index (χ4v) is 4.02. The second-order valence-corrected chi connectivity index (χ2v) is 7.77. The minimum absolute atomic E-state index is 0.0282. The first-order valence-electron chi connectivity index (χ1n) is 8.70. The molecular formula is C19H26O5. The summed E-state index contributed by atoms with van der Waals surface area (Å²) in [5, 5.41) is 0. The van der Waals surface area contributed by atoms with Gasteiger partial charge in [0.25, 0.3) is 0 Å². The number of ether oxygens (including phenoxy) is 5. The molecule has 24 heavy (non-hydrogen) atoms. The van der Waals surface area contributed by atoms with Gasteiger partial charge in [0.15, 0.2) is 11.6 Å². The Morgan fingerprint density at radius 2 is 1.42 bits per heavy atom. The highest BCUT2D eigenvalue weighted by molar-refractivity contribution is 5.14. The summed E-state index contributed by atoms with van der Waals surface area (Å²) in [6.07, 6.45) is 0.231. The molecule has 0 radical (unpaired) electrons. The molecule has 2 heterocycles. The molecule has 4 rings (SSSR count). The van der Waals surface area contributed by atoms with Crippen molar-refractivity contribution in [2.24, 2.45) is 0 Å². The lowest BCUT2D eigenvalue weighted by molar-refractivity contribution is -0.190. The zero-order valence-electron chi connectivity index (χ0n) is 14.7. The van der Waals surface area contributed by atoms with Gasteiger partial charge in [0, 0.05) is 6.42 Å². The topological polar surface area (TPSA) is 46.2 Å². The quantitative estimate of drug-likeness (QED) is 0.850. The second kappa shape index (κ2) is 5.78. The maximum atomic E-state index is 6.27. The van der Waals surface area contributed by atoms with Gasteiger partial charge in [-0.1, -0.05) is 30.3 Å². The molecule has 2 aliphatic heterocycles. The van der Waals surface area contributed by atoms with E-state index in [0.29, 0.717) is 6.61 Å². The van der Waals surface area contributed by atoms with Crippen LogP contribution in [0.2, 0.25) is 0 Å². The maximum Gasteiger partial charge on any atom is 0.163 e. The Bertz CT molecular complexity index is 555. The molecular weight excluding hydrogens is 308 g/mol. The van der Waals surface area contributed by atoms with Crippen molar-refractivity contribution in [1.82, 2.24) is 0 Å². The molecule has 1 aromatic carbocycles. The Morgan fingerprint density at radius 1 is 0.875 bits per heavy atom. The van der Waals surface area contributed by atoms with Crippen LogP contribution in [0.15, 0.2) is 30.3 Å². The van der Waals surface area contributed by atoms with E-state index in [1.54, 1.807) is 0 Å². The van der Waals surface area contributed by atoms with Gasteiger partial charge in [-0.05, 0) is 33.3 Å². The molecule has 5 nitrogen and oxygen atoms in total. The van der Waals surface area contributed by atoms with Crippen molar-refractivity contribution >= 4 is 0 Å². The van der Waals surface area contributed by atoms with Crippen molar-refractivity contribution < 1.29 is 23.7 Å². The molecule has 132 valence electrons. The number of hydrogen-bond donors (Lipinski definition) is 0. The third kappa shape index (κ3) is 3.11. The number of rotatable bonds is 3. The Kier molecular flexibility index (Phi) is 3.97. The predicted octanol–water partition coefficient (Wildman–Crippen LogP) is 3.02. The number of fused-ring (bicyclic) bond motifs is 2. The van der Waals surface area contributed by atoms with Gasteiger partial charge in [-0.2, -0.15) is 0 Å². The van der Waals surface area contributed by atoms with E-state index in [-0.39, 0.29) is 30.5 Å². The Labute approximate surface area is 143 Å². The summed E-state index contributed by atoms with van der Waals surface area (Å²) in [5.41, 5.74) is 1.13. The van der Waals surface area contributed by atoms with Crippen LogP contribution < -0.4 is 0 Å². The molecule has 5 atom stereocenters. The van der Waals surface area contributed by atoms with Crippen LogP contribution in [0, 0.1) is 0 Å². The van der Waals surface area contributed by atoms with E-state index >= 15 is 0 Å². The molecule has 2 unspecified atom stereocenters. The third-order valence-electron chi connectivity index (χ3n) is 4.84. The molecule has 0 amide bonds. The average Bonchev–Trinajstić information content (AvgIpc) is 2.97. The van der Waals surface area contributed by atoms with E-state index in [4.69, 9.17) is 23.7 Å². The Hall–Kier alpha value is -0.980. The summed E-state index contributed by atoms with van der Waals surface area (Å²) in [6.45, 7) is 8.30. The van der Waals surface area contributed by atoms with Crippen molar-refractivity contribution in [3.63, 3.8) is 0 Å². The maximum absolute atomic E-state index is 6.27. The standard InChI is InChI=1S/C19H26O5/c1-18(2)21-13-10-14-16(24-19(3,4)22-14)17(15(13)23-18)20-11-12-8-6-5-7-9-12/h5-9,13-17H,10-11H2,1-4H3/t13-,14-,15+,16?,17?/m1/s1. The van der Waals surface area contributed by atoms with Gasteiger partial charge >= 0.3 is 0 Å². The SMILES string of the molecule is CC1(C)OC2C(OCc3ccccc3)[C@H]3OC(C)(C)O[C@@H]3C[C@H]2O1. The fraction of sp³-hybridized carbons (Fsp3) is 0.684. The van der Waals surface area contributed by atoms with Crippen LogP contribution in [-0.4, -0.2) is 42.1 Å². The minimum Gasteiger partial charge on any atom is -0.368 e. The molecule has 1 saturated carbocycles. The van der Waals surface area contributed by atoms with Crippen LogP contribution in [-0.2, 0) is 30.3 Å². The van der Waals surface area contributed by atoms with Gasteiger partial charge in [-0.15, -0.1) is 0 Å². The van der Waals surface area contributed by atoms with Crippen LogP contribution in [0.5, 0.6) is 0 Å². The molecule has 3 aliphatic rings. The van der Waals surface area contributed by atoms with Gasteiger partial charge in [0.2, 0.25) is 0 Å². The third-order valence-corrected chi connectivity index (χ3v) is 4.84. The van der Waals surface area contributed by atoms with E-state index in [9.17, 15) is 0 Å². The normalized spacial score (nSPS) is 39.4. The lowest BCUT2D eigenvalue weighted by Gasteiger charge is -2.37. The van der Waals surface area contributed by atoms with Gasteiger partial charge in [-0.25, -0.2) is 0 Å². The van der Waals surface area contributed by atoms with Gasteiger partial charge in [-0.3, -0.25) is 0 Å². The zero-order chi connectivity index (χ0) is 16.9.